The van der Waals surface area contributed by atoms with Crippen molar-refractivity contribution >= 4 is 0 Å². The zero-order chi connectivity index (χ0) is 13.9. The lowest BCUT2D eigenvalue weighted by molar-refractivity contribution is 0.240. The third-order valence-electron chi connectivity index (χ3n) is 4.23. The number of rotatable bonds is 11. The van der Waals surface area contributed by atoms with E-state index < -0.39 is 0 Å². The minimum atomic E-state index is 0.772. The first-order chi connectivity index (χ1) is 9.24. The SMILES string of the molecule is CCCCCCCCN1CCCC1CNCC(C)C. The van der Waals surface area contributed by atoms with Crippen LogP contribution < -0.4 is 5.32 Å². The van der Waals surface area contributed by atoms with Gasteiger partial charge in [-0.2, -0.15) is 0 Å². The van der Waals surface area contributed by atoms with Crippen LogP contribution in [0.5, 0.6) is 0 Å². The van der Waals surface area contributed by atoms with Crippen LogP contribution in [-0.2, 0) is 0 Å². The fourth-order valence-electron chi connectivity index (χ4n) is 3.05. The van der Waals surface area contributed by atoms with Gasteiger partial charge in [0.2, 0.25) is 0 Å². The van der Waals surface area contributed by atoms with Gasteiger partial charge >= 0.3 is 0 Å². The summed E-state index contributed by atoms with van der Waals surface area (Å²) in [7, 11) is 0. The summed E-state index contributed by atoms with van der Waals surface area (Å²) in [6.07, 6.45) is 11.3. The molecule has 0 saturated carbocycles. The van der Waals surface area contributed by atoms with Crippen molar-refractivity contribution < 1.29 is 0 Å². The summed E-state index contributed by atoms with van der Waals surface area (Å²) in [6.45, 7) is 11.9. The molecule has 0 aromatic carbocycles. The number of hydrogen-bond acceptors (Lipinski definition) is 2. The van der Waals surface area contributed by atoms with Crippen LogP contribution in [0.4, 0.5) is 0 Å². The molecule has 1 unspecified atom stereocenters. The van der Waals surface area contributed by atoms with E-state index in [4.69, 9.17) is 0 Å². The molecule has 0 bridgehead atoms. The first-order valence-corrected chi connectivity index (χ1v) is 8.68. The van der Waals surface area contributed by atoms with Gasteiger partial charge < -0.3 is 5.32 Å². The Bertz CT molecular complexity index is 203. The van der Waals surface area contributed by atoms with E-state index in [1.54, 1.807) is 0 Å². The Morgan fingerprint density at radius 2 is 1.84 bits per heavy atom. The molecule has 1 fully saturated rings. The number of hydrogen-bond donors (Lipinski definition) is 1. The number of nitrogens with one attached hydrogen (secondary N) is 1. The molecule has 1 N–H and O–H groups in total. The van der Waals surface area contributed by atoms with Crippen LogP contribution in [0.15, 0.2) is 0 Å². The topological polar surface area (TPSA) is 15.3 Å². The van der Waals surface area contributed by atoms with Gasteiger partial charge in [-0.15, -0.1) is 0 Å². The van der Waals surface area contributed by atoms with Gasteiger partial charge in [-0.05, 0) is 44.8 Å². The summed E-state index contributed by atoms with van der Waals surface area (Å²) in [6, 6.07) is 0.814. The standard InChI is InChI=1S/C17H36N2/c1-4-5-6-7-8-9-12-19-13-10-11-17(19)15-18-14-16(2)3/h16-18H,4-15H2,1-3H3. The van der Waals surface area contributed by atoms with Crippen molar-refractivity contribution in [1.82, 2.24) is 10.2 Å². The largest absolute Gasteiger partial charge is 0.315 e. The molecule has 1 aliphatic rings. The van der Waals surface area contributed by atoms with Crippen molar-refractivity contribution in [2.24, 2.45) is 5.92 Å². The van der Waals surface area contributed by atoms with Crippen LogP contribution in [0.3, 0.4) is 0 Å². The van der Waals surface area contributed by atoms with Gasteiger partial charge in [0, 0.05) is 12.6 Å². The normalized spacial score (nSPS) is 20.5. The fraction of sp³-hybridized carbons (Fsp3) is 1.00. The van der Waals surface area contributed by atoms with E-state index in [1.807, 2.05) is 0 Å². The molecule has 0 radical (unpaired) electrons. The maximum atomic E-state index is 3.63. The molecule has 0 spiro atoms. The summed E-state index contributed by atoms with van der Waals surface area (Å²) in [5.74, 6) is 0.772. The second kappa shape index (κ2) is 10.7. The highest BCUT2D eigenvalue weighted by Crippen LogP contribution is 2.17. The van der Waals surface area contributed by atoms with Crippen molar-refractivity contribution in [2.45, 2.75) is 78.2 Å². The molecule has 1 saturated heterocycles. The monoisotopic (exact) mass is 268 g/mol. The van der Waals surface area contributed by atoms with Crippen LogP contribution in [0.1, 0.15) is 72.1 Å². The van der Waals surface area contributed by atoms with Gasteiger partial charge in [0.25, 0.3) is 0 Å². The van der Waals surface area contributed by atoms with Crippen molar-refractivity contribution in [1.29, 1.82) is 0 Å². The van der Waals surface area contributed by atoms with Crippen molar-refractivity contribution in [3.05, 3.63) is 0 Å². The van der Waals surface area contributed by atoms with Gasteiger partial charge in [-0.1, -0.05) is 52.9 Å². The highest BCUT2D eigenvalue weighted by molar-refractivity contribution is 4.80. The lowest BCUT2D eigenvalue weighted by Crippen LogP contribution is -2.39. The van der Waals surface area contributed by atoms with Crippen LogP contribution >= 0.6 is 0 Å². The summed E-state index contributed by atoms with van der Waals surface area (Å²) in [4.78, 5) is 2.73. The molecule has 19 heavy (non-hydrogen) atoms. The lowest BCUT2D eigenvalue weighted by Gasteiger charge is -2.25. The summed E-state index contributed by atoms with van der Waals surface area (Å²) >= 11 is 0. The molecule has 0 aromatic rings. The third kappa shape index (κ3) is 7.94. The Morgan fingerprint density at radius 3 is 2.58 bits per heavy atom. The van der Waals surface area contributed by atoms with E-state index in [0.29, 0.717) is 0 Å². The fourth-order valence-corrected chi connectivity index (χ4v) is 3.05. The molecule has 2 heteroatoms. The van der Waals surface area contributed by atoms with E-state index >= 15 is 0 Å². The number of likely N-dealkylation sites (tertiary alicyclic amines) is 1. The molecule has 0 amide bonds. The zero-order valence-corrected chi connectivity index (χ0v) is 13.6. The molecule has 2 nitrogen and oxygen atoms in total. The van der Waals surface area contributed by atoms with Crippen LogP contribution in [0, 0.1) is 5.92 Å². The van der Waals surface area contributed by atoms with Crippen molar-refractivity contribution in [3.63, 3.8) is 0 Å². The maximum absolute atomic E-state index is 3.63. The van der Waals surface area contributed by atoms with Gasteiger partial charge in [0.05, 0.1) is 0 Å². The van der Waals surface area contributed by atoms with Gasteiger partial charge in [-0.25, -0.2) is 0 Å². The summed E-state index contributed by atoms with van der Waals surface area (Å²) in [5.41, 5.74) is 0. The van der Waals surface area contributed by atoms with E-state index in [-0.39, 0.29) is 0 Å². The lowest BCUT2D eigenvalue weighted by atomic mass is 10.1. The average Bonchev–Trinajstić information content (AvgIpc) is 2.81. The Kier molecular flexibility index (Phi) is 9.54. The van der Waals surface area contributed by atoms with Crippen molar-refractivity contribution in [2.75, 3.05) is 26.2 Å². The summed E-state index contributed by atoms with van der Waals surface area (Å²) < 4.78 is 0. The predicted octanol–water partition coefficient (Wildman–Crippen LogP) is 4.06. The smallest absolute Gasteiger partial charge is 0.0221 e. The molecule has 0 aromatic heterocycles. The van der Waals surface area contributed by atoms with Gasteiger partial charge in [0.15, 0.2) is 0 Å². The third-order valence-corrected chi connectivity index (χ3v) is 4.23. The molecule has 1 heterocycles. The van der Waals surface area contributed by atoms with E-state index in [2.05, 4.69) is 31.0 Å². The molecule has 1 atom stereocenters. The first-order valence-electron chi connectivity index (χ1n) is 8.68. The Hall–Kier alpha value is -0.0800. The quantitative estimate of drug-likeness (QED) is 0.569. The Balaban J connectivity index is 2.04. The van der Waals surface area contributed by atoms with Crippen LogP contribution in [-0.4, -0.2) is 37.1 Å². The average molecular weight is 268 g/mol. The minimum Gasteiger partial charge on any atom is -0.315 e. The predicted molar refractivity (Wildman–Crippen MR) is 85.7 cm³/mol. The number of nitrogens with zero attached hydrogens (tertiary/aromatic N) is 1. The zero-order valence-electron chi connectivity index (χ0n) is 13.6. The molecule has 114 valence electrons. The second-order valence-corrected chi connectivity index (χ2v) is 6.65. The molecule has 1 aliphatic heterocycles. The maximum Gasteiger partial charge on any atom is 0.0221 e. The highest BCUT2D eigenvalue weighted by Gasteiger charge is 2.23. The Morgan fingerprint density at radius 1 is 1.11 bits per heavy atom. The molecule has 1 rings (SSSR count). The minimum absolute atomic E-state index is 0.772. The highest BCUT2D eigenvalue weighted by atomic mass is 15.2. The van der Waals surface area contributed by atoms with Gasteiger partial charge in [-0.3, -0.25) is 4.90 Å². The summed E-state index contributed by atoms with van der Waals surface area (Å²) in [5, 5.41) is 3.63. The number of unbranched alkanes of at least 4 members (excludes halogenated alkanes) is 5. The van der Waals surface area contributed by atoms with Crippen LogP contribution in [0.2, 0.25) is 0 Å². The van der Waals surface area contributed by atoms with E-state index in [0.717, 1.165) is 12.0 Å². The van der Waals surface area contributed by atoms with E-state index in [1.165, 1.54) is 77.5 Å². The molecule has 0 aliphatic carbocycles. The molecular weight excluding hydrogens is 232 g/mol. The van der Waals surface area contributed by atoms with E-state index in [9.17, 15) is 0 Å². The van der Waals surface area contributed by atoms with Gasteiger partial charge in [0.1, 0.15) is 0 Å². The van der Waals surface area contributed by atoms with Crippen LogP contribution in [0.25, 0.3) is 0 Å². The molecular formula is C17H36N2. The second-order valence-electron chi connectivity index (χ2n) is 6.65. The van der Waals surface area contributed by atoms with Crippen molar-refractivity contribution in [3.8, 4) is 0 Å². The first kappa shape index (κ1) is 17.0. The Labute approximate surface area is 121 Å².